The van der Waals surface area contributed by atoms with Gasteiger partial charge < -0.3 is 24.1 Å². The zero-order chi connectivity index (χ0) is 17.3. The number of rotatable bonds is 2. The fourth-order valence-electron chi connectivity index (χ4n) is 3.58. The molecule has 0 amide bonds. The van der Waals surface area contributed by atoms with Gasteiger partial charge in [0.2, 0.25) is 16.1 Å². The Balaban J connectivity index is 1.90. The molecule has 3 heterocycles. The number of aliphatic hydroxyl groups excluding tert-OH is 1. The Morgan fingerprint density at radius 2 is 1.88 bits per heavy atom. The molecule has 0 spiro atoms. The van der Waals surface area contributed by atoms with Gasteiger partial charge in [0, 0.05) is 0 Å². The summed E-state index contributed by atoms with van der Waals surface area (Å²) in [5.74, 6) is -1.19. The van der Waals surface area contributed by atoms with Crippen molar-refractivity contribution in [3.05, 3.63) is 29.8 Å². The van der Waals surface area contributed by atoms with Crippen LogP contribution in [0.3, 0.4) is 0 Å². The Morgan fingerprint density at radius 3 is 2.54 bits per heavy atom. The van der Waals surface area contributed by atoms with Crippen LogP contribution in [-0.2, 0) is 28.8 Å². The molecule has 4 rings (SSSR count). The molecule has 5 atom stereocenters. The molecule has 0 aliphatic carbocycles. The van der Waals surface area contributed by atoms with E-state index in [4.69, 9.17) is 18.9 Å². The number of benzene rings is 1. The molecule has 24 heavy (non-hydrogen) atoms. The maximum atomic E-state index is 13.4. The van der Waals surface area contributed by atoms with Crippen LogP contribution in [0.2, 0.25) is 0 Å². The maximum absolute atomic E-state index is 13.4. The highest BCUT2D eigenvalue weighted by molar-refractivity contribution is 7.92. The third kappa shape index (κ3) is 2.04. The number of sulfone groups is 1. The van der Waals surface area contributed by atoms with Crippen molar-refractivity contribution < 1.29 is 32.5 Å². The van der Waals surface area contributed by atoms with E-state index in [9.17, 15) is 13.5 Å². The first kappa shape index (κ1) is 16.4. The summed E-state index contributed by atoms with van der Waals surface area (Å²) in [4.78, 5) is -1.87. The van der Waals surface area contributed by atoms with E-state index in [1.165, 1.54) is 12.1 Å². The summed E-state index contributed by atoms with van der Waals surface area (Å²) in [5.41, 5.74) is 0.934. The zero-order valence-electron chi connectivity index (χ0n) is 13.6. The van der Waals surface area contributed by atoms with E-state index in [0.29, 0.717) is 0 Å². The Hall–Kier alpha value is -1.03. The highest BCUT2D eigenvalue weighted by atomic mass is 32.2. The molecule has 3 aliphatic rings. The van der Waals surface area contributed by atoms with E-state index < -0.39 is 45.2 Å². The third-order valence-electron chi connectivity index (χ3n) is 4.69. The molecule has 1 aromatic carbocycles. The summed E-state index contributed by atoms with van der Waals surface area (Å²) in [6, 6.07) is 6.44. The number of hydrogen-bond donors (Lipinski definition) is 1. The van der Waals surface area contributed by atoms with E-state index >= 15 is 0 Å². The minimum absolute atomic E-state index is 0.0733. The van der Waals surface area contributed by atoms with Crippen LogP contribution in [0.4, 0.5) is 0 Å². The molecule has 0 saturated carbocycles. The number of ether oxygens (including phenoxy) is 4. The number of fused-ring (bicyclic) bond motifs is 4. The van der Waals surface area contributed by atoms with Gasteiger partial charge in [-0.25, -0.2) is 8.42 Å². The highest BCUT2D eigenvalue weighted by Crippen LogP contribution is 2.52. The average molecular weight is 356 g/mol. The second-order valence-corrected chi connectivity index (χ2v) is 9.02. The maximum Gasteiger partial charge on any atom is 0.255 e. The molecule has 132 valence electrons. The number of hydrogen-bond acceptors (Lipinski definition) is 7. The highest BCUT2D eigenvalue weighted by Gasteiger charge is 2.74. The lowest BCUT2D eigenvalue weighted by atomic mass is 10.0. The van der Waals surface area contributed by atoms with Gasteiger partial charge in [0.05, 0.1) is 11.5 Å². The van der Waals surface area contributed by atoms with Gasteiger partial charge >= 0.3 is 0 Å². The minimum Gasteiger partial charge on any atom is -0.387 e. The zero-order valence-corrected chi connectivity index (χ0v) is 14.4. The van der Waals surface area contributed by atoms with Crippen molar-refractivity contribution in [1.29, 1.82) is 0 Å². The first-order valence-electron chi connectivity index (χ1n) is 7.82. The fraction of sp³-hybridized carbons (Fsp3) is 0.625. The molecule has 0 aromatic heterocycles. The van der Waals surface area contributed by atoms with Crippen LogP contribution >= 0.6 is 0 Å². The van der Waals surface area contributed by atoms with E-state index in [2.05, 4.69) is 0 Å². The SMILES string of the molecule is Cc1ccc(S(=O)(=O)[C@]23OC(C)(C)O[C@H]2[C@H](O)[C@H]2CO[C@H]3O2)cc1. The lowest BCUT2D eigenvalue weighted by Crippen LogP contribution is -2.65. The second-order valence-electron chi connectivity index (χ2n) is 6.91. The lowest BCUT2D eigenvalue weighted by Gasteiger charge is -2.41. The van der Waals surface area contributed by atoms with Gasteiger partial charge in [-0.2, -0.15) is 0 Å². The third-order valence-corrected chi connectivity index (χ3v) is 6.93. The van der Waals surface area contributed by atoms with E-state index in [0.717, 1.165) is 5.56 Å². The second kappa shape index (κ2) is 5.00. The Labute approximate surface area is 140 Å². The van der Waals surface area contributed by atoms with Crippen molar-refractivity contribution in [3.8, 4) is 0 Å². The molecular formula is C16H20O7S. The van der Waals surface area contributed by atoms with Crippen molar-refractivity contribution in [2.24, 2.45) is 0 Å². The fourth-order valence-corrected chi connectivity index (χ4v) is 5.63. The summed E-state index contributed by atoms with van der Waals surface area (Å²) < 4.78 is 49.7. The molecule has 3 saturated heterocycles. The lowest BCUT2D eigenvalue weighted by molar-refractivity contribution is -0.218. The van der Waals surface area contributed by atoms with Gasteiger partial charge in [-0.3, -0.25) is 0 Å². The van der Waals surface area contributed by atoms with Crippen molar-refractivity contribution >= 4 is 9.84 Å². The molecule has 7 nitrogen and oxygen atoms in total. The van der Waals surface area contributed by atoms with E-state index in [1.807, 2.05) is 6.92 Å². The normalized spacial score (nSPS) is 40.5. The van der Waals surface area contributed by atoms with E-state index in [1.54, 1.807) is 26.0 Å². The molecule has 1 aromatic rings. The molecule has 3 aliphatic heterocycles. The number of aryl methyl sites for hydroxylation is 1. The minimum atomic E-state index is -4.07. The number of aliphatic hydroxyl groups is 1. The van der Waals surface area contributed by atoms with Crippen LogP contribution < -0.4 is 0 Å². The summed E-state index contributed by atoms with van der Waals surface area (Å²) in [7, 11) is -4.07. The van der Waals surface area contributed by atoms with Gasteiger partial charge in [-0.05, 0) is 32.9 Å². The predicted octanol–water partition coefficient (Wildman–Crippen LogP) is 0.733. The Kier molecular flexibility index (Phi) is 3.42. The largest absolute Gasteiger partial charge is 0.387 e. The van der Waals surface area contributed by atoms with Crippen molar-refractivity contribution in [1.82, 2.24) is 0 Å². The smallest absolute Gasteiger partial charge is 0.255 e. The average Bonchev–Trinajstić information content (AvgIpc) is 3.07. The molecule has 0 unspecified atom stereocenters. The first-order valence-corrected chi connectivity index (χ1v) is 9.30. The van der Waals surface area contributed by atoms with Crippen LogP contribution in [0.5, 0.6) is 0 Å². The molecular weight excluding hydrogens is 336 g/mol. The van der Waals surface area contributed by atoms with Crippen LogP contribution in [0.1, 0.15) is 19.4 Å². The summed E-state index contributed by atoms with van der Waals surface area (Å²) in [6.45, 7) is 5.19. The Morgan fingerprint density at radius 1 is 1.21 bits per heavy atom. The van der Waals surface area contributed by atoms with Gasteiger partial charge in [0.1, 0.15) is 18.3 Å². The molecule has 2 bridgehead atoms. The molecule has 3 fully saturated rings. The van der Waals surface area contributed by atoms with Crippen LogP contribution in [0, 0.1) is 6.92 Å². The van der Waals surface area contributed by atoms with Crippen LogP contribution in [-0.4, -0.2) is 55.5 Å². The molecule has 0 radical (unpaired) electrons. The van der Waals surface area contributed by atoms with Crippen molar-refractivity contribution in [3.63, 3.8) is 0 Å². The van der Waals surface area contributed by atoms with Crippen molar-refractivity contribution in [2.75, 3.05) is 6.61 Å². The predicted molar refractivity (Wildman–Crippen MR) is 81.8 cm³/mol. The standard InChI is InChI=1S/C16H20O7S/c1-9-4-6-10(7-5-9)24(18,19)16-13(22-15(2,3)23-16)12(17)11-8-20-14(16)21-11/h4-7,11-14,17H,8H2,1-3H3/t11-,12-,13+,14+,16-/m1/s1. The monoisotopic (exact) mass is 356 g/mol. The molecule has 8 heteroatoms. The topological polar surface area (TPSA) is 91.3 Å². The van der Waals surface area contributed by atoms with Crippen LogP contribution in [0.25, 0.3) is 0 Å². The summed E-state index contributed by atoms with van der Waals surface area (Å²) >= 11 is 0. The van der Waals surface area contributed by atoms with Gasteiger partial charge in [0.25, 0.3) is 4.93 Å². The van der Waals surface area contributed by atoms with Gasteiger partial charge in [-0.15, -0.1) is 0 Å². The van der Waals surface area contributed by atoms with E-state index in [-0.39, 0.29) is 11.5 Å². The first-order chi connectivity index (χ1) is 11.2. The summed E-state index contributed by atoms with van der Waals surface area (Å²) in [5, 5.41) is 10.5. The van der Waals surface area contributed by atoms with Gasteiger partial charge in [0.15, 0.2) is 5.79 Å². The van der Waals surface area contributed by atoms with Gasteiger partial charge in [-0.1, -0.05) is 17.7 Å². The Bertz CT molecular complexity index is 757. The quantitative estimate of drug-likeness (QED) is 0.835. The van der Waals surface area contributed by atoms with Crippen LogP contribution in [0.15, 0.2) is 29.2 Å². The van der Waals surface area contributed by atoms with Crippen molar-refractivity contribution in [2.45, 2.75) is 61.0 Å². The summed E-state index contributed by atoms with van der Waals surface area (Å²) in [6.07, 6.45) is -4.03. The molecule has 1 N–H and O–H groups in total.